The Morgan fingerprint density at radius 2 is 2.05 bits per heavy atom. The van der Waals surface area contributed by atoms with Crippen LogP contribution < -0.4 is 5.32 Å². The predicted octanol–water partition coefficient (Wildman–Crippen LogP) is 3.76. The maximum Gasteiger partial charge on any atom is 0.0354 e. The zero-order chi connectivity index (χ0) is 13.9. The predicted molar refractivity (Wildman–Crippen MR) is 88.0 cm³/mol. The van der Waals surface area contributed by atoms with Crippen molar-refractivity contribution in [2.24, 2.45) is 5.92 Å². The summed E-state index contributed by atoms with van der Waals surface area (Å²) in [5.41, 5.74) is 3.14. The van der Waals surface area contributed by atoms with Crippen LogP contribution in [0.4, 0.5) is 0 Å². The molecule has 1 atom stereocenters. The lowest BCUT2D eigenvalue weighted by atomic mass is 9.92. The molecule has 1 saturated heterocycles. The van der Waals surface area contributed by atoms with Gasteiger partial charge in [-0.2, -0.15) is 0 Å². The molecule has 1 aromatic rings. The van der Waals surface area contributed by atoms with Gasteiger partial charge < -0.3 is 5.32 Å². The minimum Gasteiger partial charge on any atom is -0.320 e. The molecule has 20 heavy (non-hydrogen) atoms. The lowest BCUT2D eigenvalue weighted by molar-refractivity contribution is 0.129. The van der Waals surface area contributed by atoms with E-state index in [1.807, 2.05) is 0 Å². The second kappa shape index (κ2) is 6.59. The summed E-state index contributed by atoms with van der Waals surface area (Å²) in [5, 5.41) is 3.28. The maximum atomic E-state index is 3.59. The number of halogens is 1. The molecule has 0 spiro atoms. The van der Waals surface area contributed by atoms with Gasteiger partial charge >= 0.3 is 0 Å². The number of nitrogens with zero attached hydrogens (tertiary/aromatic N) is 1. The average Bonchev–Trinajstić information content (AvgIpc) is 2.88. The summed E-state index contributed by atoms with van der Waals surface area (Å²) < 4.78 is 1.22. The third-order valence-electron chi connectivity index (χ3n) is 5.04. The molecule has 0 radical (unpaired) electrons. The Balaban J connectivity index is 1.60. The highest BCUT2D eigenvalue weighted by atomic mass is 79.9. The van der Waals surface area contributed by atoms with Crippen LogP contribution in [0.3, 0.4) is 0 Å². The zero-order valence-corrected chi connectivity index (χ0v) is 14.0. The van der Waals surface area contributed by atoms with Gasteiger partial charge in [0.15, 0.2) is 0 Å². The van der Waals surface area contributed by atoms with Crippen LogP contribution in [0.1, 0.15) is 42.9 Å². The number of hydrogen-bond acceptors (Lipinski definition) is 2. The number of nitrogens with one attached hydrogen (secondary N) is 1. The van der Waals surface area contributed by atoms with E-state index in [1.165, 1.54) is 56.2 Å². The molecule has 1 aliphatic heterocycles. The molecule has 2 nitrogen and oxygen atoms in total. The van der Waals surface area contributed by atoms with Gasteiger partial charge in [-0.05, 0) is 88.0 Å². The molecule has 0 saturated carbocycles. The van der Waals surface area contributed by atoms with Crippen molar-refractivity contribution in [1.29, 1.82) is 0 Å². The van der Waals surface area contributed by atoms with E-state index in [1.54, 1.807) is 11.1 Å². The SMILES string of the molecule is CNCCC1CCN(C2CCc3cc(Br)ccc32)CC1. The Morgan fingerprint density at radius 1 is 1.25 bits per heavy atom. The summed E-state index contributed by atoms with van der Waals surface area (Å²) in [6.07, 6.45) is 6.67. The fraction of sp³-hybridized carbons (Fsp3) is 0.647. The number of aryl methyl sites for hydroxylation is 1. The summed E-state index contributed by atoms with van der Waals surface area (Å²) in [7, 11) is 2.06. The highest BCUT2D eigenvalue weighted by Crippen LogP contribution is 2.39. The lowest BCUT2D eigenvalue weighted by Gasteiger charge is -2.36. The van der Waals surface area contributed by atoms with E-state index in [4.69, 9.17) is 0 Å². The third kappa shape index (κ3) is 3.10. The standard InChI is InChI=1S/C17H25BrN2/c1-19-9-6-13-7-10-20(11-8-13)17-5-2-14-12-15(18)3-4-16(14)17/h3-4,12-13,17,19H,2,5-11H2,1H3. The van der Waals surface area contributed by atoms with Gasteiger partial charge in [-0.3, -0.25) is 4.90 Å². The Morgan fingerprint density at radius 3 is 2.80 bits per heavy atom. The number of likely N-dealkylation sites (tertiary alicyclic amines) is 1. The molecule has 1 aliphatic carbocycles. The quantitative estimate of drug-likeness (QED) is 0.900. The van der Waals surface area contributed by atoms with Crippen LogP contribution in [0.5, 0.6) is 0 Å². The minimum absolute atomic E-state index is 0.684. The van der Waals surface area contributed by atoms with Gasteiger partial charge in [-0.1, -0.05) is 22.0 Å². The number of fused-ring (bicyclic) bond motifs is 1. The van der Waals surface area contributed by atoms with E-state index >= 15 is 0 Å². The van der Waals surface area contributed by atoms with Crippen molar-refractivity contribution in [3.63, 3.8) is 0 Å². The molecule has 2 aliphatic rings. The van der Waals surface area contributed by atoms with Gasteiger partial charge in [-0.25, -0.2) is 0 Å². The minimum atomic E-state index is 0.684. The first kappa shape index (κ1) is 14.6. The maximum absolute atomic E-state index is 3.59. The number of rotatable bonds is 4. The highest BCUT2D eigenvalue weighted by Gasteiger charge is 2.30. The molecule has 3 heteroatoms. The van der Waals surface area contributed by atoms with Crippen molar-refractivity contribution in [2.45, 2.75) is 38.1 Å². The van der Waals surface area contributed by atoms with Gasteiger partial charge in [0, 0.05) is 10.5 Å². The van der Waals surface area contributed by atoms with Crippen molar-refractivity contribution in [3.05, 3.63) is 33.8 Å². The Kier molecular flexibility index (Phi) is 4.79. The number of piperidine rings is 1. The van der Waals surface area contributed by atoms with Gasteiger partial charge in [-0.15, -0.1) is 0 Å². The highest BCUT2D eigenvalue weighted by molar-refractivity contribution is 9.10. The van der Waals surface area contributed by atoms with Crippen molar-refractivity contribution in [2.75, 3.05) is 26.7 Å². The fourth-order valence-electron chi connectivity index (χ4n) is 3.84. The molecule has 1 heterocycles. The zero-order valence-electron chi connectivity index (χ0n) is 12.4. The van der Waals surface area contributed by atoms with Gasteiger partial charge in [0.25, 0.3) is 0 Å². The van der Waals surface area contributed by atoms with E-state index in [2.05, 4.69) is 51.4 Å². The van der Waals surface area contributed by atoms with E-state index in [0.29, 0.717) is 6.04 Å². The van der Waals surface area contributed by atoms with Crippen molar-refractivity contribution >= 4 is 15.9 Å². The Labute approximate surface area is 131 Å². The largest absolute Gasteiger partial charge is 0.320 e. The first-order valence-corrected chi connectivity index (χ1v) is 8.74. The Hall–Kier alpha value is -0.380. The lowest BCUT2D eigenvalue weighted by Crippen LogP contribution is -2.36. The van der Waals surface area contributed by atoms with E-state index in [9.17, 15) is 0 Å². The third-order valence-corrected chi connectivity index (χ3v) is 5.54. The van der Waals surface area contributed by atoms with Crippen LogP contribution in [0.25, 0.3) is 0 Å². The molecule has 0 amide bonds. The topological polar surface area (TPSA) is 15.3 Å². The summed E-state index contributed by atoms with van der Waals surface area (Å²) >= 11 is 3.59. The van der Waals surface area contributed by atoms with Gasteiger partial charge in [0.1, 0.15) is 0 Å². The van der Waals surface area contributed by atoms with E-state index in [-0.39, 0.29) is 0 Å². The Bertz CT molecular complexity index is 452. The monoisotopic (exact) mass is 336 g/mol. The summed E-state index contributed by atoms with van der Waals surface area (Å²) in [5.74, 6) is 0.935. The second-order valence-corrected chi connectivity index (χ2v) is 7.18. The normalized spacial score (nSPS) is 24.0. The molecule has 1 N–H and O–H groups in total. The van der Waals surface area contributed by atoms with Crippen LogP contribution in [0.15, 0.2) is 22.7 Å². The van der Waals surface area contributed by atoms with Gasteiger partial charge in [0.05, 0.1) is 0 Å². The molecule has 3 rings (SSSR count). The first-order valence-electron chi connectivity index (χ1n) is 7.95. The molecule has 0 bridgehead atoms. The molecule has 1 aromatic carbocycles. The molecule has 110 valence electrons. The second-order valence-electron chi connectivity index (χ2n) is 6.27. The fourth-order valence-corrected chi connectivity index (χ4v) is 4.25. The van der Waals surface area contributed by atoms with Crippen LogP contribution in [-0.2, 0) is 6.42 Å². The van der Waals surface area contributed by atoms with Crippen LogP contribution in [0, 0.1) is 5.92 Å². The molecule has 1 fully saturated rings. The van der Waals surface area contributed by atoms with Crippen LogP contribution in [-0.4, -0.2) is 31.6 Å². The van der Waals surface area contributed by atoms with Crippen LogP contribution in [0.2, 0.25) is 0 Å². The smallest absolute Gasteiger partial charge is 0.0354 e. The molecular weight excluding hydrogens is 312 g/mol. The number of benzene rings is 1. The van der Waals surface area contributed by atoms with Crippen molar-refractivity contribution in [3.8, 4) is 0 Å². The first-order chi connectivity index (χ1) is 9.78. The van der Waals surface area contributed by atoms with Crippen molar-refractivity contribution < 1.29 is 0 Å². The summed E-state index contributed by atoms with van der Waals surface area (Å²) in [6, 6.07) is 7.54. The van der Waals surface area contributed by atoms with Crippen molar-refractivity contribution in [1.82, 2.24) is 10.2 Å². The van der Waals surface area contributed by atoms with Gasteiger partial charge in [0.2, 0.25) is 0 Å². The van der Waals surface area contributed by atoms with E-state index in [0.717, 1.165) is 5.92 Å². The molecule has 1 unspecified atom stereocenters. The van der Waals surface area contributed by atoms with E-state index < -0.39 is 0 Å². The molecular formula is C17H25BrN2. The summed E-state index contributed by atoms with van der Waals surface area (Å²) in [4.78, 5) is 2.73. The molecule has 0 aromatic heterocycles. The summed E-state index contributed by atoms with van der Waals surface area (Å²) in [6.45, 7) is 3.74. The van der Waals surface area contributed by atoms with Crippen LogP contribution >= 0.6 is 15.9 Å². The number of hydrogen-bond donors (Lipinski definition) is 1. The average molecular weight is 337 g/mol.